The quantitative estimate of drug-likeness (QED) is 0.287. The predicted molar refractivity (Wildman–Crippen MR) is 182 cm³/mol. The van der Waals surface area contributed by atoms with Crippen molar-refractivity contribution in [3.63, 3.8) is 0 Å². The van der Waals surface area contributed by atoms with Gasteiger partial charge in [-0.15, -0.1) is 0 Å². The van der Waals surface area contributed by atoms with Crippen LogP contribution >= 0.6 is 0 Å². The Morgan fingerprint density at radius 2 is 1.86 bits per heavy atom. The van der Waals surface area contributed by atoms with Gasteiger partial charge < -0.3 is 29.2 Å². The molecule has 0 radical (unpaired) electrons. The molecule has 2 aromatic carbocycles. The number of aryl methyl sites for hydroxylation is 1. The van der Waals surface area contributed by atoms with Crippen LogP contribution in [0.4, 0.5) is 20.4 Å². The molecular formula is C35H34F2N10O3. The number of fused-ring (bicyclic) bond motifs is 6. The van der Waals surface area contributed by atoms with Gasteiger partial charge in [0, 0.05) is 57.1 Å². The number of pyridine rings is 1. The highest BCUT2D eigenvalue weighted by atomic mass is 19.1. The monoisotopic (exact) mass is 680 g/mol. The van der Waals surface area contributed by atoms with E-state index >= 15 is 0 Å². The summed E-state index contributed by atoms with van der Waals surface area (Å²) in [5.41, 5.74) is 3.71. The van der Waals surface area contributed by atoms with Gasteiger partial charge in [-0.2, -0.15) is 5.10 Å². The van der Waals surface area contributed by atoms with Crippen LogP contribution in [0.5, 0.6) is 5.75 Å². The van der Waals surface area contributed by atoms with Crippen LogP contribution in [0.1, 0.15) is 12.2 Å². The van der Waals surface area contributed by atoms with Crippen LogP contribution in [0.2, 0.25) is 0 Å². The van der Waals surface area contributed by atoms with Crippen LogP contribution in [0, 0.1) is 18.6 Å². The lowest BCUT2D eigenvalue weighted by Crippen LogP contribution is -2.47. The van der Waals surface area contributed by atoms with E-state index in [1.807, 2.05) is 42.2 Å². The molecule has 0 spiro atoms. The molecule has 6 heterocycles. The average molecular weight is 681 g/mol. The topological polar surface area (TPSA) is 128 Å². The van der Waals surface area contributed by atoms with Crippen molar-refractivity contribution in [3.8, 4) is 22.7 Å². The molecule has 2 aliphatic rings. The maximum absolute atomic E-state index is 14.8. The summed E-state index contributed by atoms with van der Waals surface area (Å²) in [6, 6.07) is 12.1. The van der Waals surface area contributed by atoms with Crippen LogP contribution in [0.15, 0.2) is 61.1 Å². The fourth-order valence-corrected chi connectivity index (χ4v) is 7.14. The van der Waals surface area contributed by atoms with E-state index in [0.717, 1.165) is 34.6 Å². The van der Waals surface area contributed by atoms with Crippen molar-refractivity contribution in [1.82, 2.24) is 39.2 Å². The molecule has 4 bridgehead atoms. The van der Waals surface area contributed by atoms with Crippen LogP contribution in [0.3, 0.4) is 0 Å². The van der Waals surface area contributed by atoms with Gasteiger partial charge in [0.05, 0.1) is 48.1 Å². The van der Waals surface area contributed by atoms with Crippen molar-refractivity contribution in [2.24, 2.45) is 0 Å². The van der Waals surface area contributed by atoms with E-state index in [1.165, 1.54) is 23.3 Å². The molecule has 13 nitrogen and oxygen atoms in total. The number of hydrogen-bond acceptors (Lipinski definition) is 10. The molecule has 15 heteroatoms. The Morgan fingerprint density at radius 3 is 2.66 bits per heavy atom. The number of methoxy groups -OCH3 is 2. The summed E-state index contributed by atoms with van der Waals surface area (Å²) in [5, 5.41) is 8.47. The molecule has 0 unspecified atom stereocenters. The summed E-state index contributed by atoms with van der Waals surface area (Å²) in [4.78, 5) is 36.9. The minimum absolute atomic E-state index is 0.0401. The second-order valence-electron chi connectivity index (χ2n) is 12.6. The normalized spacial score (nSPS) is 19.5. The van der Waals surface area contributed by atoms with E-state index in [0.29, 0.717) is 60.2 Å². The molecule has 3 atom stereocenters. The second-order valence-corrected chi connectivity index (χ2v) is 12.6. The van der Waals surface area contributed by atoms with E-state index in [-0.39, 0.29) is 23.7 Å². The summed E-state index contributed by atoms with van der Waals surface area (Å²) in [6.07, 6.45) is 2.97. The van der Waals surface area contributed by atoms with Crippen molar-refractivity contribution in [1.29, 1.82) is 0 Å². The number of aromatic nitrogens is 7. The van der Waals surface area contributed by atoms with Crippen LogP contribution < -0.4 is 15.0 Å². The van der Waals surface area contributed by atoms with Crippen LogP contribution in [-0.2, 0) is 16.1 Å². The molecule has 2 aliphatic heterocycles. The van der Waals surface area contributed by atoms with Gasteiger partial charge in [0.2, 0.25) is 5.91 Å². The van der Waals surface area contributed by atoms with Crippen LogP contribution in [0.25, 0.3) is 39.0 Å². The Hall–Kier alpha value is -5.70. The lowest BCUT2D eigenvalue weighted by molar-refractivity contribution is -0.132. The molecule has 50 heavy (non-hydrogen) atoms. The van der Waals surface area contributed by atoms with Gasteiger partial charge in [-0.3, -0.25) is 4.79 Å². The Kier molecular flexibility index (Phi) is 7.78. The van der Waals surface area contributed by atoms with Gasteiger partial charge in [0.1, 0.15) is 47.1 Å². The molecule has 4 aromatic heterocycles. The Labute approximate surface area is 285 Å². The third-order valence-corrected chi connectivity index (χ3v) is 9.53. The molecule has 6 aromatic rings. The third kappa shape index (κ3) is 5.33. The first-order valence-corrected chi connectivity index (χ1v) is 16.2. The highest BCUT2D eigenvalue weighted by Gasteiger charge is 2.41. The summed E-state index contributed by atoms with van der Waals surface area (Å²) < 4.78 is 43.7. The van der Waals surface area contributed by atoms with E-state index in [4.69, 9.17) is 19.4 Å². The first-order valence-electron chi connectivity index (χ1n) is 16.2. The number of carbonyl (C=O) groups excluding carboxylic acids is 1. The lowest BCUT2D eigenvalue weighted by atomic mass is 10.1. The molecule has 1 fully saturated rings. The first kappa shape index (κ1) is 31.6. The number of ether oxygens (including phenoxy) is 2. The van der Waals surface area contributed by atoms with E-state index in [2.05, 4.69) is 25.0 Å². The molecule has 1 amide bonds. The molecular weight excluding hydrogens is 646 g/mol. The summed E-state index contributed by atoms with van der Waals surface area (Å²) >= 11 is 0. The number of imidazole rings is 1. The van der Waals surface area contributed by atoms with E-state index in [9.17, 15) is 13.6 Å². The van der Waals surface area contributed by atoms with Gasteiger partial charge in [-0.05, 0) is 31.5 Å². The molecule has 1 saturated heterocycles. The zero-order chi connectivity index (χ0) is 34.7. The molecule has 256 valence electrons. The average Bonchev–Trinajstić information content (AvgIpc) is 3.82. The van der Waals surface area contributed by atoms with Gasteiger partial charge in [-0.25, -0.2) is 33.4 Å². The second kappa shape index (κ2) is 12.3. The Bertz CT molecular complexity index is 2270. The molecule has 1 N–H and O–H groups in total. The summed E-state index contributed by atoms with van der Waals surface area (Å²) in [6.45, 7) is 3.11. The lowest BCUT2D eigenvalue weighted by Gasteiger charge is -2.30. The number of para-hydroxylation sites is 1. The van der Waals surface area contributed by atoms with E-state index in [1.54, 1.807) is 26.2 Å². The molecule has 8 rings (SSSR count). The maximum atomic E-state index is 14.8. The minimum Gasteiger partial charge on any atom is -0.497 e. The highest BCUT2D eigenvalue weighted by Crippen LogP contribution is 2.36. The van der Waals surface area contributed by atoms with Crippen molar-refractivity contribution in [2.45, 2.75) is 38.1 Å². The largest absolute Gasteiger partial charge is 0.497 e. The van der Waals surface area contributed by atoms with Gasteiger partial charge in [-0.1, -0.05) is 12.1 Å². The SMILES string of the molecule is COc1cc2nc(c1)-c1cccc3nc(C)n(c13)C[C@H](OC)CN(C)C(=O)[C@@H]1C[C@@H](CN1c1ncnc3c1cnn3-c1ccc(F)cc1F)N2. The molecule has 0 aliphatic carbocycles. The number of halogens is 2. The predicted octanol–water partition coefficient (Wildman–Crippen LogP) is 4.37. The fourth-order valence-electron chi connectivity index (χ4n) is 7.14. The van der Waals surface area contributed by atoms with Gasteiger partial charge in [0.25, 0.3) is 0 Å². The number of anilines is 2. The Morgan fingerprint density at radius 1 is 1.00 bits per heavy atom. The zero-order valence-electron chi connectivity index (χ0n) is 27.8. The Balaban J connectivity index is 1.24. The number of hydrogen-bond donors (Lipinski definition) is 1. The standard InChI is InChI=1S/C35H34F2N10O3/c1-19-41-27-7-5-6-24-28-12-22(49-3)13-31(43-28)42-21-11-30(35(48)44(2)16-23(50-4)17-45(19)32(24)27)46(15-21)33-25-14-40-47(34(25)39-18-38-33)29-9-8-20(36)10-26(29)37/h5-10,12-14,18,21,23,30H,11,15-17H2,1-4H3,(H,42,43)/t21-,23+,30-/m0/s1. The number of nitrogens with zero attached hydrogens (tertiary/aromatic N) is 9. The molecule has 0 saturated carbocycles. The first-order chi connectivity index (χ1) is 24.2. The zero-order valence-corrected chi connectivity index (χ0v) is 27.8. The number of rotatable bonds is 4. The smallest absolute Gasteiger partial charge is 0.245 e. The summed E-state index contributed by atoms with van der Waals surface area (Å²) in [5.74, 6) is 0.884. The highest BCUT2D eigenvalue weighted by molar-refractivity contribution is 5.94. The fraction of sp³-hybridized carbons (Fsp3) is 0.314. The summed E-state index contributed by atoms with van der Waals surface area (Å²) in [7, 11) is 5.03. The van der Waals surface area contributed by atoms with Crippen molar-refractivity contribution in [3.05, 3.63) is 78.5 Å². The number of amides is 1. The van der Waals surface area contributed by atoms with Gasteiger partial charge >= 0.3 is 0 Å². The number of nitrogens with one attached hydrogen (secondary N) is 1. The van der Waals surface area contributed by atoms with Crippen molar-refractivity contribution >= 4 is 39.6 Å². The third-order valence-electron chi connectivity index (χ3n) is 9.53. The maximum Gasteiger partial charge on any atom is 0.245 e. The number of benzene rings is 2. The van der Waals surface area contributed by atoms with Crippen molar-refractivity contribution < 1.29 is 23.0 Å². The van der Waals surface area contributed by atoms with Crippen LogP contribution in [-0.4, -0.2) is 97.6 Å². The van der Waals surface area contributed by atoms with E-state index < -0.39 is 17.7 Å². The number of likely N-dealkylation sites (N-methyl/N-ethyl adjacent to an activating group) is 1. The van der Waals surface area contributed by atoms with Crippen molar-refractivity contribution in [2.75, 3.05) is 44.6 Å². The van der Waals surface area contributed by atoms with Gasteiger partial charge in [0.15, 0.2) is 11.5 Å². The number of carbonyl (C=O) groups is 1. The minimum atomic E-state index is -0.782.